The maximum absolute atomic E-state index is 14.7. The molecule has 20 heteroatoms. The number of halogens is 1. The number of aliphatic hydroxyl groups excluding tert-OH is 3. The largest absolute Gasteiger partial charge is 0.506 e. The molecular weight excluding hydrogens is 752 g/mol. The number of allylic oxidation sites excluding steroid dienone is 3. The fraction of sp³-hybridized carbons (Fsp3) is 0.600. The molecule has 4 aliphatic heterocycles. The highest BCUT2D eigenvalue weighted by Gasteiger charge is 2.65. The fourth-order valence-electron chi connectivity index (χ4n) is 7.39. The van der Waals surface area contributed by atoms with E-state index < -0.39 is 115 Å². The molecule has 12 atom stereocenters. The molecule has 4 heterocycles. The van der Waals surface area contributed by atoms with Crippen LogP contribution in [0, 0.1) is 5.92 Å². The quantitative estimate of drug-likeness (QED) is 0.148. The predicted octanol–water partition coefficient (Wildman–Crippen LogP) is 0.451. The first-order valence-corrected chi connectivity index (χ1v) is 17.8. The van der Waals surface area contributed by atoms with Crippen LogP contribution < -0.4 is 21.3 Å². The minimum absolute atomic E-state index is 0.148. The van der Waals surface area contributed by atoms with Crippen molar-refractivity contribution in [2.24, 2.45) is 11.7 Å². The zero-order valence-electron chi connectivity index (χ0n) is 30.7. The number of nitrogens with zero attached hydrogens (tertiary/aromatic N) is 1. The van der Waals surface area contributed by atoms with Crippen LogP contribution in [-0.2, 0) is 39.6 Å². The molecule has 0 unspecified atom stereocenters. The molecule has 1 aromatic rings. The molecule has 0 aromatic heterocycles. The number of anilines is 1. The average Bonchev–Trinajstić information content (AvgIpc) is 3.82. The van der Waals surface area contributed by atoms with Gasteiger partial charge in [-0.25, -0.2) is 14.4 Å². The van der Waals surface area contributed by atoms with Crippen molar-refractivity contribution >= 4 is 41.5 Å². The van der Waals surface area contributed by atoms with Crippen molar-refractivity contribution in [1.82, 2.24) is 10.6 Å². The Labute approximate surface area is 320 Å². The van der Waals surface area contributed by atoms with E-state index in [1.807, 2.05) is 0 Å². The van der Waals surface area contributed by atoms with Gasteiger partial charge < -0.3 is 65.0 Å². The van der Waals surface area contributed by atoms with Gasteiger partial charge in [0.15, 0.2) is 18.1 Å². The number of epoxide rings is 1. The van der Waals surface area contributed by atoms with Crippen LogP contribution >= 0.6 is 11.6 Å². The number of aliphatic hydroxyl groups is 4. The number of nitrogens with one attached hydrogen (secondary N) is 2. The Bertz CT molecular complexity index is 1710. The third-order valence-corrected chi connectivity index (χ3v) is 10.7. The summed E-state index contributed by atoms with van der Waals surface area (Å²) in [6, 6.07) is 2.78. The highest BCUT2D eigenvalue weighted by atomic mass is 35.5. The molecule has 4 amide bonds. The predicted molar refractivity (Wildman–Crippen MR) is 190 cm³/mol. The van der Waals surface area contributed by atoms with Crippen molar-refractivity contribution in [3.63, 3.8) is 0 Å². The zero-order chi connectivity index (χ0) is 40.6. The molecule has 4 bridgehead atoms. The second kappa shape index (κ2) is 16.5. The Morgan fingerprint density at radius 3 is 2.55 bits per heavy atom. The summed E-state index contributed by atoms with van der Waals surface area (Å²) in [4.78, 5) is 52.7. The number of primary amides is 1. The first-order valence-electron chi connectivity index (χ1n) is 17.4. The molecular formula is C35H47ClN4O15. The van der Waals surface area contributed by atoms with Crippen LogP contribution in [0.2, 0.25) is 5.02 Å². The number of phenols is 1. The summed E-state index contributed by atoms with van der Waals surface area (Å²) in [7, 11) is 2.66. The van der Waals surface area contributed by atoms with Gasteiger partial charge in [0, 0.05) is 26.5 Å². The maximum atomic E-state index is 14.7. The van der Waals surface area contributed by atoms with Crippen LogP contribution in [0.5, 0.6) is 5.75 Å². The fourth-order valence-corrected chi connectivity index (χ4v) is 7.59. The number of phenolic OH excluding ortho intramolecular Hbond substituents is 1. The van der Waals surface area contributed by atoms with E-state index in [0.29, 0.717) is 11.1 Å². The van der Waals surface area contributed by atoms with Crippen LogP contribution in [0.3, 0.4) is 0 Å². The van der Waals surface area contributed by atoms with Crippen molar-refractivity contribution in [3.8, 4) is 5.75 Å². The SMILES string of the molecule is CNC(=O)O[C@H]1CC(=O)N([C@H]2O[C@@H](CO)[C@H](OC(N)=O)[C@@H](O)[C@@H]2O)c2cc(cc(O)c2Cl)C/C(C)=C\C=C/[C@@H](OC)[C@@]2(O)C[C@H](OC(=O)N2)[C@@H](C)[C@@H]2O[C@@]12C. The summed E-state index contributed by atoms with van der Waals surface area (Å²) in [5.41, 5.74) is 2.72. The second-order valence-electron chi connectivity index (χ2n) is 14.2. The number of rotatable bonds is 5. The monoisotopic (exact) mass is 798 g/mol. The third-order valence-electron chi connectivity index (χ3n) is 10.3. The first kappa shape index (κ1) is 41.9. The summed E-state index contributed by atoms with van der Waals surface area (Å²) < 4.78 is 33.8. The summed E-state index contributed by atoms with van der Waals surface area (Å²) in [5.74, 6) is -2.07. The molecule has 19 nitrogen and oxygen atoms in total. The molecule has 4 aliphatic rings. The number of carbonyl (C=O) groups excluding carboxylic acids is 4. The minimum atomic E-state index is -2.03. The molecule has 5 rings (SSSR count). The summed E-state index contributed by atoms with van der Waals surface area (Å²) in [6.07, 6.45) is -12.3. The molecule has 3 fully saturated rings. The molecule has 304 valence electrons. The standard InChI is InChI=1S/C35H47ClN4O15/c1-15-7-6-8-22(50-5)35(49)13-20(52-33(48)39-35)16(2)29-34(3,55-29)23(53-32(47)38-4)12-24(43)40(18-10-17(9-15)11-19(42)25(18)36)30-27(45)26(44)28(54-31(37)46)21(14-41)51-30/h6-8,10-11,16,20-23,26-30,41-42,44-45,49H,9,12-14H2,1-5H3,(H2,37,46)(H,38,47)(H,39,48)/b8-6-,15-7-/t16-,20+,21+,22-,23+,26+,27+,28+,29+,30+,34+,35+/m1/s1. The minimum Gasteiger partial charge on any atom is -0.506 e. The molecule has 1 aromatic carbocycles. The number of methoxy groups -OCH3 is 1. The number of ether oxygens (including phenoxy) is 6. The van der Waals surface area contributed by atoms with Gasteiger partial charge in [-0.3, -0.25) is 15.0 Å². The lowest BCUT2D eigenvalue weighted by Gasteiger charge is -2.45. The van der Waals surface area contributed by atoms with E-state index in [1.54, 1.807) is 39.0 Å². The van der Waals surface area contributed by atoms with Crippen molar-refractivity contribution in [1.29, 1.82) is 0 Å². The summed E-state index contributed by atoms with van der Waals surface area (Å²) in [6.45, 7) is 4.15. The maximum Gasteiger partial charge on any atom is 0.409 e. The van der Waals surface area contributed by atoms with E-state index in [0.717, 1.165) is 4.90 Å². The molecule has 0 saturated carbocycles. The van der Waals surface area contributed by atoms with E-state index in [2.05, 4.69) is 10.6 Å². The summed E-state index contributed by atoms with van der Waals surface area (Å²) in [5, 5.41) is 59.8. The van der Waals surface area contributed by atoms with Gasteiger partial charge in [0.05, 0.1) is 24.8 Å². The number of alkyl carbamates (subject to hydrolysis) is 2. The lowest BCUT2D eigenvalue weighted by atomic mass is 9.83. The molecule has 0 aliphatic carbocycles. The molecule has 0 spiro atoms. The van der Waals surface area contributed by atoms with Gasteiger partial charge in [-0.05, 0) is 38.0 Å². The van der Waals surface area contributed by atoms with Crippen molar-refractivity contribution in [2.45, 2.75) is 106 Å². The highest BCUT2D eigenvalue weighted by molar-refractivity contribution is 6.35. The molecule has 0 radical (unpaired) electrons. The van der Waals surface area contributed by atoms with Crippen LogP contribution in [0.4, 0.5) is 20.1 Å². The number of hydrogen-bond acceptors (Lipinski definition) is 15. The molecule has 9 N–H and O–H groups in total. The lowest BCUT2D eigenvalue weighted by Crippen LogP contribution is -2.65. The van der Waals surface area contributed by atoms with E-state index in [4.69, 9.17) is 45.8 Å². The normalized spacial score (nSPS) is 38.3. The van der Waals surface area contributed by atoms with Gasteiger partial charge in [0.1, 0.15) is 53.0 Å². The summed E-state index contributed by atoms with van der Waals surface area (Å²) >= 11 is 6.65. The van der Waals surface area contributed by atoms with E-state index >= 15 is 0 Å². The number of amides is 4. The second-order valence-corrected chi connectivity index (χ2v) is 14.6. The van der Waals surface area contributed by atoms with Gasteiger partial charge in [0.25, 0.3) is 0 Å². The van der Waals surface area contributed by atoms with E-state index in [9.17, 15) is 44.7 Å². The van der Waals surface area contributed by atoms with Gasteiger partial charge in [-0.15, -0.1) is 0 Å². The van der Waals surface area contributed by atoms with Crippen LogP contribution in [-0.4, -0.2) is 137 Å². The van der Waals surface area contributed by atoms with E-state index in [-0.39, 0.29) is 23.6 Å². The topological polar surface area (TPSA) is 281 Å². The van der Waals surface area contributed by atoms with Gasteiger partial charge in [-0.1, -0.05) is 42.3 Å². The van der Waals surface area contributed by atoms with Gasteiger partial charge in [-0.2, -0.15) is 0 Å². The van der Waals surface area contributed by atoms with Crippen molar-refractivity contribution in [3.05, 3.63) is 46.5 Å². The average molecular weight is 799 g/mol. The molecule has 55 heavy (non-hydrogen) atoms. The Morgan fingerprint density at radius 1 is 1.20 bits per heavy atom. The van der Waals surface area contributed by atoms with E-state index in [1.165, 1.54) is 26.3 Å². The molecule has 3 saturated heterocycles. The van der Waals surface area contributed by atoms with Gasteiger partial charge in [0.2, 0.25) is 5.91 Å². The smallest absolute Gasteiger partial charge is 0.409 e. The van der Waals surface area contributed by atoms with Crippen LogP contribution in [0.15, 0.2) is 35.9 Å². The number of fused-ring (bicyclic) bond motifs is 5. The number of aromatic hydroxyl groups is 1. The van der Waals surface area contributed by atoms with Crippen molar-refractivity contribution in [2.75, 3.05) is 25.7 Å². The Morgan fingerprint density at radius 2 is 1.91 bits per heavy atom. The third kappa shape index (κ3) is 8.63. The van der Waals surface area contributed by atoms with Crippen LogP contribution in [0.1, 0.15) is 39.2 Å². The lowest BCUT2D eigenvalue weighted by molar-refractivity contribution is -0.227. The first-order chi connectivity index (χ1) is 25.9. The highest BCUT2D eigenvalue weighted by Crippen LogP contribution is 2.49. The van der Waals surface area contributed by atoms with Crippen LogP contribution in [0.25, 0.3) is 0 Å². The number of benzene rings is 1. The van der Waals surface area contributed by atoms with Crippen molar-refractivity contribution < 1.29 is 73.1 Å². The Kier molecular flexibility index (Phi) is 12.6. The number of nitrogens with two attached hydrogens (primary N) is 1. The van der Waals surface area contributed by atoms with Gasteiger partial charge >= 0.3 is 18.3 Å². The number of hydrogen-bond donors (Lipinski definition) is 8. The Hall–Kier alpha value is -4.21. The Balaban J connectivity index is 1.66. The zero-order valence-corrected chi connectivity index (χ0v) is 31.5. The number of carbonyl (C=O) groups is 4.